The number of rotatable bonds is 9. The summed E-state index contributed by atoms with van der Waals surface area (Å²) < 4.78 is 7.99. The molecule has 0 spiro atoms. The van der Waals surface area contributed by atoms with Crippen molar-refractivity contribution in [1.29, 1.82) is 0 Å². The van der Waals surface area contributed by atoms with Crippen LogP contribution in [0.2, 0.25) is 5.02 Å². The van der Waals surface area contributed by atoms with Gasteiger partial charge in [-0.2, -0.15) is 0 Å². The fourth-order valence-corrected chi connectivity index (χ4v) is 5.86. The molecule has 0 radical (unpaired) electrons. The molecular weight excluding hydrogens is 544 g/mol. The maximum Gasteiger partial charge on any atom is 0.217 e. The van der Waals surface area contributed by atoms with Crippen molar-refractivity contribution in [3.8, 4) is 5.00 Å². The third-order valence-corrected chi connectivity index (χ3v) is 8.35. The number of fused-ring (bicyclic) bond motifs is 3. The van der Waals surface area contributed by atoms with Crippen molar-refractivity contribution < 1.29 is 9.53 Å². The number of benzene rings is 1. The van der Waals surface area contributed by atoms with Crippen molar-refractivity contribution in [3.05, 3.63) is 62.5 Å². The molecule has 0 fully saturated rings. The van der Waals surface area contributed by atoms with Crippen LogP contribution in [0.3, 0.4) is 0 Å². The highest BCUT2D eigenvalue weighted by atomic mass is 35.5. The minimum Gasteiger partial charge on any atom is -0.375 e. The lowest BCUT2D eigenvalue weighted by molar-refractivity contribution is -0.120. The second kappa shape index (κ2) is 13.4. The van der Waals surface area contributed by atoms with Gasteiger partial charge in [0.15, 0.2) is 5.82 Å². The smallest absolute Gasteiger partial charge is 0.217 e. The highest BCUT2D eigenvalue weighted by Crippen LogP contribution is 2.36. The number of hydrogen-bond acceptors (Lipinski definition) is 7. The number of amides is 1. The third-order valence-electron chi connectivity index (χ3n) is 6.91. The van der Waals surface area contributed by atoms with Gasteiger partial charge in [-0.05, 0) is 92.6 Å². The summed E-state index contributed by atoms with van der Waals surface area (Å²) >= 11 is 7.80. The van der Waals surface area contributed by atoms with E-state index in [9.17, 15) is 4.79 Å². The summed E-state index contributed by atoms with van der Waals surface area (Å²) in [7, 11) is 1.94. The Labute approximate surface area is 247 Å². The number of carbonyl (C=O) groups excluding carboxylic acids is 1. The van der Waals surface area contributed by atoms with Crippen LogP contribution >= 0.6 is 22.9 Å². The van der Waals surface area contributed by atoms with Gasteiger partial charge in [0.1, 0.15) is 17.4 Å². The zero-order valence-electron chi connectivity index (χ0n) is 25.2. The van der Waals surface area contributed by atoms with Crippen LogP contribution in [0.25, 0.3) is 5.00 Å². The maximum absolute atomic E-state index is 11.0. The van der Waals surface area contributed by atoms with Gasteiger partial charge in [0.25, 0.3) is 0 Å². The molecule has 1 amide bonds. The first-order valence-corrected chi connectivity index (χ1v) is 14.8. The number of ether oxygens (including phenoxy) is 1. The van der Waals surface area contributed by atoms with Crippen molar-refractivity contribution in [1.82, 2.24) is 25.4 Å². The summed E-state index contributed by atoms with van der Waals surface area (Å²) in [5.41, 5.74) is 4.20. The molecule has 2 aromatic heterocycles. The number of hydrogen-bond donors (Lipinski definition) is 2. The van der Waals surface area contributed by atoms with E-state index in [1.165, 1.54) is 16.0 Å². The number of aliphatic imine (C=N–C) groups is 1. The van der Waals surface area contributed by atoms with Gasteiger partial charge in [0.05, 0.1) is 11.3 Å². The Hall–Kier alpha value is -2.59. The van der Waals surface area contributed by atoms with E-state index < -0.39 is 0 Å². The zero-order chi connectivity index (χ0) is 29.7. The molecule has 0 aliphatic carbocycles. The molecule has 3 aromatic rings. The predicted molar refractivity (Wildman–Crippen MR) is 165 cm³/mol. The number of thiophene rings is 1. The van der Waals surface area contributed by atoms with Crippen LogP contribution in [0.1, 0.15) is 80.7 Å². The molecule has 0 saturated heterocycles. The molecule has 218 valence electrons. The Morgan fingerprint density at radius 3 is 2.40 bits per heavy atom. The van der Waals surface area contributed by atoms with Crippen LogP contribution in [0.4, 0.5) is 0 Å². The summed E-state index contributed by atoms with van der Waals surface area (Å²) in [6.07, 6.45) is 1.79. The lowest BCUT2D eigenvalue weighted by Crippen LogP contribution is -2.43. The Bertz CT molecular complexity index is 1340. The molecule has 1 aromatic carbocycles. The normalized spacial score (nSPS) is 13.0. The van der Waals surface area contributed by atoms with Crippen LogP contribution in [0.15, 0.2) is 29.3 Å². The fraction of sp³-hybridized carbons (Fsp3) is 0.533. The van der Waals surface area contributed by atoms with E-state index in [0.717, 1.165) is 52.3 Å². The molecule has 0 saturated carbocycles. The maximum atomic E-state index is 11.0. The molecule has 8 nitrogen and oxygen atoms in total. The Morgan fingerprint density at radius 2 is 1.77 bits per heavy atom. The van der Waals surface area contributed by atoms with Crippen LogP contribution in [-0.2, 0) is 16.1 Å². The topological polar surface area (TPSA) is 93.4 Å². The van der Waals surface area contributed by atoms with Gasteiger partial charge in [0.2, 0.25) is 5.91 Å². The highest BCUT2D eigenvalue weighted by Gasteiger charge is 2.26. The predicted octanol–water partition coefficient (Wildman–Crippen LogP) is 5.95. The molecule has 0 unspecified atom stereocenters. The van der Waals surface area contributed by atoms with Crippen LogP contribution in [0, 0.1) is 20.8 Å². The second-order valence-corrected chi connectivity index (χ2v) is 13.1. The van der Waals surface area contributed by atoms with E-state index in [-0.39, 0.29) is 17.0 Å². The Balaban J connectivity index is 0.000000234. The SMILES string of the molecule is CNCCC(C)(C)OCCC(C)(C)NC(C)=O.Cc1sc2c(c1C)C(c1ccc(Cl)cc1)=NCc1nnc(C)n1-2. The highest BCUT2D eigenvalue weighted by molar-refractivity contribution is 7.15. The average Bonchev–Trinajstić information content (AvgIpc) is 3.31. The molecule has 40 heavy (non-hydrogen) atoms. The number of carbonyl (C=O) groups is 1. The summed E-state index contributed by atoms with van der Waals surface area (Å²) in [6, 6.07) is 7.86. The van der Waals surface area contributed by atoms with Crippen molar-refractivity contribution in [2.45, 2.75) is 85.9 Å². The minimum atomic E-state index is -0.203. The molecule has 3 heterocycles. The first-order chi connectivity index (χ1) is 18.7. The van der Waals surface area contributed by atoms with Crippen LogP contribution < -0.4 is 10.6 Å². The molecule has 1 aliphatic rings. The standard InChI is InChI=1S/C17H15ClN4S.C13H28N2O2/c1-9-10(2)23-17-15(9)16(12-4-6-13(18)7-5-12)19-8-14-21-20-11(3)22(14)17;1-11(16)15-12(2,3)8-10-17-13(4,5)7-9-14-6/h4-7H,8H2,1-3H3;14H,7-10H2,1-6H3,(H,15,16). The lowest BCUT2D eigenvalue weighted by atomic mass is 10.00. The van der Waals surface area contributed by atoms with E-state index >= 15 is 0 Å². The van der Waals surface area contributed by atoms with Gasteiger partial charge in [-0.15, -0.1) is 21.5 Å². The van der Waals surface area contributed by atoms with Gasteiger partial charge >= 0.3 is 0 Å². The van der Waals surface area contributed by atoms with Gasteiger partial charge < -0.3 is 15.4 Å². The summed E-state index contributed by atoms with van der Waals surface area (Å²) in [6.45, 7) is 18.2. The lowest BCUT2D eigenvalue weighted by Gasteiger charge is -2.30. The fourth-order valence-electron chi connectivity index (χ4n) is 4.51. The van der Waals surface area contributed by atoms with E-state index in [1.54, 1.807) is 18.3 Å². The summed E-state index contributed by atoms with van der Waals surface area (Å²) in [5.74, 6) is 1.79. The monoisotopic (exact) mass is 586 g/mol. The number of halogens is 1. The minimum absolute atomic E-state index is 0.00411. The first-order valence-electron chi connectivity index (χ1n) is 13.6. The first kappa shape index (κ1) is 31.9. The van der Waals surface area contributed by atoms with E-state index in [2.05, 4.69) is 53.1 Å². The Morgan fingerprint density at radius 1 is 1.10 bits per heavy atom. The largest absolute Gasteiger partial charge is 0.375 e. The van der Waals surface area contributed by atoms with Gasteiger partial charge in [0, 0.05) is 40.1 Å². The summed E-state index contributed by atoms with van der Waals surface area (Å²) in [5, 5.41) is 16.4. The molecule has 2 N–H and O–H groups in total. The number of aromatic nitrogens is 3. The molecule has 0 bridgehead atoms. The van der Waals surface area contributed by atoms with Crippen LogP contribution in [-0.4, -0.2) is 57.7 Å². The van der Waals surface area contributed by atoms with E-state index in [0.29, 0.717) is 13.2 Å². The van der Waals surface area contributed by atoms with E-state index in [4.69, 9.17) is 21.3 Å². The zero-order valence-corrected chi connectivity index (χ0v) is 26.8. The van der Waals surface area contributed by atoms with E-state index in [1.807, 2.05) is 52.1 Å². The van der Waals surface area contributed by atoms with Gasteiger partial charge in [-0.3, -0.25) is 14.4 Å². The van der Waals surface area contributed by atoms with Gasteiger partial charge in [-0.25, -0.2) is 0 Å². The van der Waals surface area contributed by atoms with Crippen molar-refractivity contribution >= 4 is 34.6 Å². The molecule has 4 rings (SSSR count). The molecular formula is C30H43ClN6O2S. The molecule has 0 atom stereocenters. The number of nitrogens with one attached hydrogen (secondary N) is 2. The average molecular weight is 587 g/mol. The quantitative estimate of drug-likeness (QED) is 0.323. The second-order valence-electron chi connectivity index (χ2n) is 11.4. The van der Waals surface area contributed by atoms with Gasteiger partial charge in [-0.1, -0.05) is 23.7 Å². The van der Waals surface area contributed by atoms with Crippen molar-refractivity contribution in [2.24, 2.45) is 4.99 Å². The third kappa shape index (κ3) is 8.22. The summed E-state index contributed by atoms with van der Waals surface area (Å²) in [4.78, 5) is 17.1. The Kier molecular flexibility index (Phi) is 10.7. The van der Waals surface area contributed by atoms with Crippen molar-refractivity contribution in [2.75, 3.05) is 20.2 Å². The van der Waals surface area contributed by atoms with Crippen LogP contribution in [0.5, 0.6) is 0 Å². The molecule has 10 heteroatoms. The van der Waals surface area contributed by atoms with Crippen molar-refractivity contribution in [3.63, 3.8) is 0 Å². The number of aryl methyl sites for hydroxylation is 2. The number of nitrogens with zero attached hydrogens (tertiary/aromatic N) is 4. The molecule has 1 aliphatic heterocycles.